The Labute approximate surface area is 170 Å². The van der Waals surface area contributed by atoms with Gasteiger partial charge < -0.3 is 18.4 Å². The van der Waals surface area contributed by atoms with E-state index in [0.717, 1.165) is 57.9 Å². The molecule has 152 valence electrons. The minimum Gasteiger partial charge on any atom is -0.488 e. The van der Waals surface area contributed by atoms with Gasteiger partial charge in [0, 0.05) is 0 Å². The lowest BCUT2D eigenvalue weighted by Crippen LogP contribution is -2.38. The first-order chi connectivity index (χ1) is 13.1. The van der Waals surface area contributed by atoms with E-state index in [1.807, 2.05) is 24.3 Å². The quantitative estimate of drug-likeness (QED) is 0.455. The van der Waals surface area contributed by atoms with Crippen molar-refractivity contribution >= 4 is 12.2 Å². The van der Waals surface area contributed by atoms with Crippen molar-refractivity contribution in [3.8, 4) is 11.5 Å². The molecule has 0 N–H and O–H groups in total. The van der Waals surface area contributed by atoms with E-state index in [0.29, 0.717) is 0 Å². The summed E-state index contributed by atoms with van der Waals surface area (Å²) >= 11 is 0. The Morgan fingerprint density at radius 3 is 1.18 bits per heavy atom. The molecule has 0 aliphatic carbocycles. The van der Waals surface area contributed by atoms with E-state index in [2.05, 4.69) is 78.7 Å². The van der Waals surface area contributed by atoms with Crippen LogP contribution in [0.15, 0.2) is 48.5 Å². The molecule has 0 fully saturated rings. The standard InChI is InChI=1S/C24H36N2O2/c1-25(2,3)17-19-27-23-13-9-21(10-14-23)7-8-22-11-15-24(16-12-22)28-20-18-26(4,5)6/h7-16H,17-20H2,1-6H3/q+2/b8-7+. The number of rotatable bonds is 10. The van der Waals surface area contributed by atoms with Crippen LogP contribution in [0.3, 0.4) is 0 Å². The lowest BCUT2D eigenvalue weighted by atomic mass is 10.1. The monoisotopic (exact) mass is 384 g/mol. The van der Waals surface area contributed by atoms with Crippen LogP contribution in [0, 0.1) is 0 Å². The fourth-order valence-corrected chi connectivity index (χ4v) is 2.42. The van der Waals surface area contributed by atoms with Crippen LogP contribution in [0.1, 0.15) is 11.1 Å². The predicted octanol–water partition coefficient (Wildman–Crippen LogP) is 4.03. The maximum absolute atomic E-state index is 5.81. The van der Waals surface area contributed by atoms with Gasteiger partial charge in [-0.1, -0.05) is 36.4 Å². The summed E-state index contributed by atoms with van der Waals surface area (Å²) in [6.07, 6.45) is 4.23. The van der Waals surface area contributed by atoms with Gasteiger partial charge in [0.05, 0.1) is 42.3 Å². The van der Waals surface area contributed by atoms with E-state index in [-0.39, 0.29) is 0 Å². The molecule has 0 radical (unpaired) electrons. The fraction of sp³-hybridized carbons (Fsp3) is 0.417. The van der Waals surface area contributed by atoms with E-state index in [4.69, 9.17) is 9.47 Å². The molecule has 0 aromatic heterocycles. The van der Waals surface area contributed by atoms with Crippen molar-refractivity contribution in [1.29, 1.82) is 0 Å². The van der Waals surface area contributed by atoms with Gasteiger partial charge >= 0.3 is 0 Å². The Morgan fingerprint density at radius 2 is 0.893 bits per heavy atom. The first kappa shape index (κ1) is 22.0. The van der Waals surface area contributed by atoms with Crippen molar-refractivity contribution < 1.29 is 18.4 Å². The third-order valence-corrected chi connectivity index (χ3v) is 4.29. The van der Waals surface area contributed by atoms with Crippen molar-refractivity contribution in [1.82, 2.24) is 0 Å². The number of likely N-dealkylation sites (N-methyl/N-ethyl adjacent to an activating group) is 2. The summed E-state index contributed by atoms with van der Waals surface area (Å²) in [6.45, 7) is 3.41. The molecule has 0 bridgehead atoms. The van der Waals surface area contributed by atoms with Crippen molar-refractivity contribution in [2.24, 2.45) is 0 Å². The van der Waals surface area contributed by atoms with E-state index >= 15 is 0 Å². The minimum atomic E-state index is 0.724. The zero-order valence-corrected chi connectivity index (χ0v) is 18.3. The van der Waals surface area contributed by atoms with Gasteiger partial charge in [0.25, 0.3) is 0 Å². The number of nitrogens with zero attached hydrogens (tertiary/aromatic N) is 2. The van der Waals surface area contributed by atoms with Crippen LogP contribution in [0.25, 0.3) is 12.2 Å². The van der Waals surface area contributed by atoms with Gasteiger partial charge in [0.1, 0.15) is 37.8 Å². The summed E-state index contributed by atoms with van der Waals surface area (Å²) in [7, 11) is 13.0. The number of ether oxygens (including phenoxy) is 2. The molecule has 0 aliphatic heterocycles. The summed E-state index contributed by atoms with van der Waals surface area (Å²) in [5.74, 6) is 1.84. The summed E-state index contributed by atoms with van der Waals surface area (Å²) in [5.41, 5.74) is 2.31. The lowest BCUT2D eigenvalue weighted by molar-refractivity contribution is -0.870. The van der Waals surface area contributed by atoms with Crippen LogP contribution in [0.4, 0.5) is 0 Å². The Morgan fingerprint density at radius 1 is 0.571 bits per heavy atom. The molecule has 2 rings (SSSR count). The number of quaternary nitrogens is 2. The van der Waals surface area contributed by atoms with Crippen molar-refractivity contribution in [3.63, 3.8) is 0 Å². The fourth-order valence-electron chi connectivity index (χ4n) is 2.42. The smallest absolute Gasteiger partial charge is 0.137 e. The molecular weight excluding hydrogens is 348 g/mol. The molecule has 4 nitrogen and oxygen atoms in total. The Balaban J connectivity index is 1.82. The molecule has 0 heterocycles. The highest BCUT2D eigenvalue weighted by Crippen LogP contribution is 2.17. The maximum Gasteiger partial charge on any atom is 0.137 e. The largest absolute Gasteiger partial charge is 0.488 e. The van der Waals surface area contributed by atoms with Crippen molar-refractivity contribution in [2.75, 3.05) is 68.6 Å². The van der Waals surface area contributed by atoms with Gasteiger partial charge in [-0.3, -0.25) is 0 Å². The van der Waals surface area contributed by atoms with Gasteiger partial charge in [-0.05, 0) is 35.4 Å². The first-order valence-corrected chi connectivity index (χ1v) is 9.85. The van der Waals surface area contributed by atoms with Gasteiger partial charge in [-0.25, -0.2) is 0 Å². The van der Waals surface area contributed by atoms with E-state index in [1.54, 1.807) is 0 Å². The second kappa shape index (κ2) is 9.76. The second-order valence-corrected chi connectivity index (χ2v) is 9.20. The normalized spacial score (nSPS) is 12.4. The van der Waals surface area contributed by atoms with Crippen LogP contribution in [0.5, 0.6) is 11.5 Å². The maximum atomic E-state index is 5.81. The molecular formula is C24H36N2O2+2. The van der Waals surface area contributed by atoms with E-state index in [1.165, 1.54) is 0 Å². The molecule has 0 amide bonds. The highest BCUT2D eigenvalue weighted by molar-refractivity contribution is 5.70. The van der Waals surface area contributed by atoms with Crippen LogP contribution >= 0.6 is 0 Å². The average molecular weight is 385 g/mol. The third kappa shape index (κ3) is 9.07. The molecule has 0 saturated carbocycles. The number of benzene rings is 2. The SMILES string of the molecule is C[N+](C)(C)CCOc1ccc(/C=C/c2ccc(OCC[N+](C)(C)C)cc2)cc1. The third-order valence-electron chi connectivity index (χ3n) is 4.29. The van der Waals surface area contributed by atoms with E-state index < -0.39 is 0 Å². The summed E-state index contributed by atoms with van der Waals surface area (Å²) in [6, 6.07) is 16.4. The van der Waals surface area contributed by atoms with Crippen LogP contribution < -0.4 is 9.47 Å². The average Bonchev–Trinajstić information content (AvgIpc) is 2.60. The highest BCUT2D eigenvalue weighted by atomic mass is 16.5. The van der Waals surface area contributed by atoms with Gasteiger partial charge in [0.15, 0.2) is 0 Å². The molecule has 0 aliphatic rings. The Hall–Kier alpha value is -2.30. The highest BCUT2D eigenvalue weighted by Gasteiger charge is 2.07. The molecule has 0 atom stereocenters. The molecule has 2 aromatic carbocycles. The summed E-state index contributed by atoms with van der Waals surface area (Å²) < 4.78 is 13.4. The number of hydrogen-bond donors (Lipinski definition) is 0. The van der Waals surface area contributed by atoms with Crippen molar-refractivity contribution in [2.45, 2.75) is 0 Å². The zero-order chi connectivity index (χ0) is 20.6. The van der Waals surface area contributed by atoms with Gasteiger partial charge in [0.2, 0.25) is 0 Å². The minimum absolute atomic E-state index is 0.724. The van der Waals surface area contributed by atoms with Crippen molar-refractivity contribution in [3.05, 3.63) is 59.7 Å². The molecule has 0 saturated heterocycles. The van der Waals surface area contributed by atoms with E-state index in [9.17, 15) is 0 Å². The number of hydrogen-bond acceptors (Lipinski definition) is 2. The topological polar surface area (TPSA) is 18.5 Å². The Bertz CT molecular complexity index is 671. The van der Waals surface area contributed by atoms with Crippen LogP contribution in [-0.4, -0.2) is 77.6 Å². The lowest BCUT2D eigenvalue weighted by Gasteiger charge is -2.23. The molecule has 0 unspecified atom stereocenters. The van der Waals surface area contributed by atoms with Gasteiger partial charge in [-0.2, -0.15) is 0 Å². The second-order valence-electron chi connectivity index (χ2n) is 9.20. The Kier molecular flexibility index (Phi) is 7.67. The first-order valence-electron chi connectivity index (χ1n) is 9.85. The van der Waals surface area contributed by atoms with Gasteiger partial charge in [-0.15, -0.1) is 0 Å². The van der Waals surface area contributed by atoms with Crippen LogP contribution in [-0.2, 0) is 0 Å². The predicted molar refractivity (Wildman–Crippen MR) is 119 cm³/mol. The molecule has 0 spiro atoms. The zero-order valence-electron chi connectivity index (χ0n) is 18.3. The molecule has 28 heavy (non-hydrogen) atoms. The molecule has 2 aromatic rings. The summed E-state index contributed by atoms with van der Waals surface area (Å²) in [4.78, 5) is 0. The molecule has 4 heteroatoms. The van der Waals surface area contributed by atoms with Crippen LogP contribution in [0.2, 0.25) is 0 Å². The summed E-state index contributed by atoms with van der Waals surface area (Å²) in [5, 5.41) is 0.